The van der Waals surface area contributed by atoms with E-state index in [9.17, 15) is 9.59 Å². The Hall–Kier alpha value is -1.26. The van der Waals surface area contributed by atoms with E-state index in [2.05, 4.69) is 0 Å². The number of amides is 1. The van der Waals surface area contributed by atoms with E-state index in [-0.39, 0.29) is 5.92 Å². The Morgan fingerprint density at radius 2 is 1.80 bits per heavy atom. The van der Waals surface area contributed by atoms with Crippen molar-refractivity contribution in [3.05, 3.63) is 35.9 Å². The van der Waals surface area contributed by atoms with Crippen LogP contribution in [0.5, 0.6) is 0 Å². The molecule has 0 aliphatic heterocycles. The highest BCUT2D eigenvalue weighted by Gasteiger charge is 2.44. The smallest absolute Gasteiger partial charge is 0.405 e. The molecule has 0 spiro atoms. The Morgan fingerprint density at radius 1 is 1.25 bits per heavy atom. The fourth-order valence-corrected chi connectivity index (χ4v) is 3.01. The van der Waals surface area contributed by atoms with Crippen LogP contribution < -0.4 is 5.32 Å². The maximum absolute atomic E-state index is 12.1. The summed E-state index contributed by atoms with van der Waals surface area (Å²) in [4.78, 5) is 22.6. The quantitative estimate of drug-likeness (QED) is 0.790. The second-order valence-corrected chi connectivity index (χ2v) is 6.22. The van der Waals surface area contributed by atoms with Gasteiger partial charge in [0.25, 0.3) is 0 Å². The molecule has 110 valence electrons. The number of carbonyl (C=O) groups is 2. The van der Waals surface area contributed by atoms with Crippen molar-refractivity contribution in [1.29, 1.82) is 0 Å². The van der Waals surface area contributed by atoms with Crippen LogP contribution in [0.3, 0.4) is 0 Å². The predicted octanol–water partition coefficient (Wildman–Crippen LogP) is 3.44. The number of nitrogens with one attached hydrogen (secondary N) is 1. The lowest BCUT2D eigenvalue weighted by Gasteiger charge is -2.32. The molecule has 0 saturated heterocycles. The van der Waals surface area contributed by atoms with Crippen LogP contribution in [-0.4, -0.2) is 27.9 Å². The zero-order valence-electron chi connectivity index (χ0n) is 11.3. The Bertz CT molecular complexity index is 475. The molecule has 0 saturated carbocycles. The van der Waals surface area contributed by atoms with Crippen LogP contribution in [0.25, 0.3) is 0 Å². The molecule has 1 atom stereocenters. The number of hydrogen-bond acceptors (Lipinski definition) is 2. The maximum atomic E-state index is 12.1. The van der Waals surface area contributed by atoms with Crippen LogP contribution >= 0.6 is 23.2 Å². The van der Waals surface area contributed by atoms with Gasteiger partial charge in [0.15, 0.2) is 10.1 Å². The van der Waals surface area contributed by atoms with Gasteiger partial charge >= 0.3 is 6.09 Å². The van der Waals surface area contributed by atoms with Crippen molar-refractivity contribution in [2.24, 2.45) is 5.92 Å². The highest BCUT2D eigenvalue weighted by molar-refractivity contribution is 6.59. The van der Waals surface area contributed by atoms with E-state index < -0.39 is 28.7 Å². The summed E-state index contributed by atoms with van der Waals surface area (Å²) in [6, 6.07) is 9.24. The average Bonchev–Trinajstić information content (AvgIpc) is 2.36. The van der Waals surface area contributed by atoms with Crippen LogP contribution in [0.4, 0.5) is 4.79 Å². The zero-order valence-corrected chi connectivity index (χ0v) is 12.8. The molecule has 4 nitrogen and oxygen atoms in total. The number of alkyl halides is 2. The lowest BCUT2D eigenvalue weighted by Crippen LogP contribution is -2.42. The van der Waals surface area contributed by atoms with Gasteiger partial charge in [-0.05, 0) is 11.5 Å². The minimum atomic E-state index is -1.68. The maximum Gasteiger partial charge on any atom is 0.405 e. The number of Topliss-reactive ketones (excluding diaryl/α,β-unsaturated/α-hetero) is 1. The highest BCUT2D eigenvalue weighted by atomic mass is 35.5. The summed E-state index contributed by atoms with van der Waals surface area (Å²) >= 11 is 12.5. The number of benzene rings is 1. The van der Waals surface area contributed by atoms with E-state index in [1.807, 2.05) is 49.5 Å². The summed E-state index contributed by atoms with van der Waals surface area (Å²) in [5, 5.41) is 10.5. The molecule has 6 heteroatoms. The van der Waals surface area contributed by atoms with Gasteiger partial charge in [-0.15, -0.1) is 0 Å². The van der Waals surface area contributed by atoms with Crippen molar-refractivity contribution in [1.82, 2.24) is 5.32 Å². The lowest BCUT2D eigenvalue weighted by atomic mass is 9.83. The second kappa shape index (κ2) is 6.95. The molecule has 1 unspecified atom stereocenters. The third-order valence-corrected chi connectivity index (χ3v) is 3.88. The molecule has 0 bridgehead atoms. The summed E-state index contributed by atoms with van der Waals surface area (Å²) in [6.45, 7) is 3.41. The van der Waals surface area contributed by atoms with Gasteiger partial charge < -0.3 is 10.4 Å². The molecule has 0 radical (unpaired) electrons. The molecular formula is C14H17Cl2NO3. The van der Waals surface area contributed by atoms with E-state index >= 15 is 0 Å². The number of rotatable bonds is 6. The van der Waals surface area contributed by atoms with E-state index in [1.54, 1.807) is 0 Å². The first-order chi connectivity index (χ1) is 9.26. The number of halogens is 2. The average molecular weight is 318 g/mol. The first-order valence-electron chi connectivity index (χ1n) is 6.19. The number of carbonyl (C=O) groups excluding carboxylic acids is 1. The molecule has 1 aromatic carbocycles. The van der Waals surface area contributed by atoms with Crippen LogP contribution in [0.1, 0.15) is 25.3 Å². The van der Waals surface area contributed by atoms with E-state index in [0.717, 1.165) is 5.56 Å². The van der Waals surface area contributed by atoms with Crippen molar-refractivity contribution in [2.45, 2.75) is 24.1 Å². The second-order valence-electron chi connectivity index (χ2n) is 4.84. The van der Waals surface area contributed by atoms with Gasteiger partial charge in [0.05, 0.1) is 6.54 Å². The molecule has 0 aromatic heterocycles. The summed E-state index contributed by atoms with van der Waals surface area (Å²) in [7, 11) is 0. The van der Waals surface area contributed by atoms with Crippen LogP contribution in [0.2, 0.25) is 0 Å². The van der Waals surface area contributed by atoms with Crippen molar-refractivity contribution in [3.63, 3.8) is 0 Å². The molecular weight excluding hydrogens is 301 g/mol. The Kier molecular flexibility index (Phi) is 5.84. The topological polar surface area (TPSA) is 66.4 Å². The van der Waals surface area contributed by atoms with E-state index in [1.165, 1.54) is 0 Å². The Balaban J connectivity index is 3.01. The van der Waals surface area contributed by atoms with Gasteiger partial charge in [-0.1, -0.05) is 67.4 Å². The SMILES string of the molecule is CC(C)C(c1ccccc1)C(Cl)(Cl)C(=O)CNC(=O)O. The van der Waals surface area contributed by atoms with E-state index in [0.29, 0.717) is 0 Å². The third-order valence-electron chi connectivity index (χ3n) is 2.99. The minimum Gasteiger partial charge on any atom is -0.465 e. The Morgan fingerprint density at radius 3 is 2.25 bits per heavy atom. The van der Waals surface area contributed by atoms with Gasteiger partial charge in [0.1, 0.15) is 0 Å². The first-order valence-corrected chi connectivity index (χ1v) is 6.95. The molecule has 0 aliphatic carbocycles. The summed E-state index contributed by atoms with van der Waals surface area (Å²) in [5.74, 6) is -0.970. The van der Waals surface area contributed by atoms with Gasteiger partial charge in [-0.25, -0.2) is 4.79 Å². The standard InChI is InChI=1S/C14H17Cl2NO3/c1-9(2)12(10-6-4-3-5-7-10)14(15,16)11(18)8-17-13(19)20/h3-7,9,12,17H,8H2,1-2H3,(H,19,20). The number of ketones is 1. The van der Waals surface area contributed by atoms with Crippen molar-refractivity contribution in [2.75, 3.05) is 6.54 Å². The third kappa shape index (κ3) is 4.12. The normalized spacial score (nSPS) is 13.1. The van der Waals surface area contributed by atoms with Crippen LogP contribution in [-0.2, 0) is 4.79 Å². The van der Waals surface area contributed by atoms with Crippen molar-refractivity contribution in [3.8, 4) is 0 Å². The van der Waals surface area contributed by atoms with Crippen LogP contribution in [0, 0.1) is 5.92 Å². The monoisotopic (exact) mass is 317 g/mol. The Labute approximate surface area is 128 Å². The molecule has 0 aliphatic rings. The highest BCUT2D eigenvalue weighted by Crippen LogP contribution is 2.43. The van der Waals surface area contributed by atoms with Gasteiger partial charge in [0, 0.05) is 5.92 Å². The van der Waals surface area contributed by atoms with E-state index in [4.69, 9.17) is 28.3 Å². The van der Waals surface area contributed by atoms with Gasteiger partial charge in [0.2, 0.25) is 0 Å². The predicted molar refractivity (Wildman–Crippen MR) is 79.5 cm³/mol. The van der Waals surface area contributed by atoms with Gasteiger partial charge in [-0.2, -0.15) is 0 Å². The molecule has 1 amide bonds. The van der Waals surface area contributed by atoms with Gasteiger partial charge in [-0.3, -0.25) is 4.79 Å². The fraction of sp³-hybridized carbons (Fsp3) is 0.429. The molecule has 20 heavy (non-hydrogen) atoms. The number of hydrogen-bond donors (Lipinski definition) is 2. The minimum absolute atomic E-state index is 0.0150. The summed E-state index contributed by atoms with van der Waals surface area (Å²) < 4.78 is -1.68. The molecule has 1 aromatic rings. The summed E-state index contributed by atoms with van der Waals surface area (Å²) in [6.07, 6.45) is -1.29. The molecule has 1 rings (SSSR count). The first kappa shape index (κ1) is 16.8. The molecule has 2 N–H and O–H groups in total. The molecule has 0 fully saturated rings. The fourth-order valence-electron chi connectivity index (χ4n) is 2.12. The van der Waals surface area contributed by atoms with Crippen LogP contribution in [0.15, 0.2) is 30.3 Å². The zero-order chi connectivity index (χ0) is 15.3. The number of carboxylic acid groups (broad SMARTS) is 1. The summed E-state index contributed by atoms with van der Waals surface area (Å²) in [5.41, 5.74) is 0.844. The van der Waals surface area contributed by atoms with Crippen molar-refractivity contribution < 1.29 is 14.7 Å². The molecule has 0 heterocycles. The van der Waals surface area contributed by atoms with Crippen molar-refractivity contribution >= 4 is 35.1 Å². The lowest BCUT2D eigenvalue weighted by molar-refractivity contribution is -0.119. The largest absolute Gasteiger partial charge is 0.465 e.